The highest BCUT2D eigenvalue weighted by atomic mass is 31.1. The zero-order chi connectivity index (χ0) is 13.7. The lowest BCUT2D eigenvalue weighted by molar-refractivity contribution is -0.139. The van der Waals surface area contributed by atoms with Gasteiger partial charge in [-0.05, 0) is 21.6 Å². The third-order valence-corrected chi connectivity index (χ3v) is 3.26. The molecule has 7 nitrogen and oxygen atoms in total. The van der Waals surface area contributed by atoms with E-state index in [4.69, 9.17) is 4.74 Å². The van der Waals surface area contributed by atoms with Crippen molar-refractivity contribution >= 4 is 20.1 Å². The third-order valence-electron chi connectivity index (χ3n) is 2.27. The molecule has 0 amide bonds. The standard InChI is InChI=1S/C11H14N5O2P/c1-3-18-9(17)6-19-11-14-10(16(2)15-11)8-4-5-12-7-13-8/h4-5,7,19H,3,6H2,1-2H3. The number of aromatic nitrogens is 5. The van der Waals surface area contributed by atoms with Crippen LogP contribution in [0.15, 0.2) is 18.6 Å². The molecule has 2 aromatic heterocycles. The van der Waals surface area contributed by atoms with E-state index in [2.05, 4.69) is 20.1 Å². The van der Waals surface area contributed by atoms with E-state index in [1.165, 1.54) is 6.33 Å². The SMILES string of the molecule is CCOC(=O)CPc1nc(-c2ccncn2)n(C)n1. The summed E-state index contributed by atoms with van der Waals surface area (Å²) in [5.41, 5.74) is 1.33. The number of esters is 1. The number of ether oxygens (including phenoxy) is 1. The van der Waals surface area contributed by atoms with Gasteiger partial charge < -0.3 is 4.74 Å². The molecule has 0 aliphatic carbocycles. The van der Waals surface area contributed by atoms with E-state index < -0.39 is 0 Å². The molecule has 0 aromatic carbocycles. The van der Waals surface area contributed by atoms with E-state index in [1.54, 1.807) is 30.9 Å². The highest BCUT2D eigenvalue weighted by Gasteiger charge is 2.12. The summed E-state index contributed by atoms with van der Waals surface area (Å²) in [6, 6.07) is 1.77. The summed E-state index contributed by atoms with van der Waals surface area (Å²) >= 11 is 0. The van der Waals surface area contributed by atoms with Crippen LogP contribution in [-0.4, -0.2) is 43.5 Å². The molecule has 0 aliphatic heterocycles. The number of aryl methyl sites for hydroxylation is 1. The summed E-state index contributed by atoms with van der Waals surface area (Å²) in [5, 5.41) is 4.27. The van der Waals surface area contributed by atoms with Crippen molar-refractivity contribution in [3.8, 4) is 11.5 Å². The van der Waals surface area contributed by atoms with Crippen LogP contribution in [0, 0.1) is 0 Å². The molecule has 19 heavy (non-hydrogen) atoms. The predicted molar refractivity (Wildman–Crippen MR) is 71.5 cm³/mol. The van der Waals surface area contributed by atoms with Gasteiger partial charge in [-0.25, -0.2) is 19.6 Å². The maximum Gasteiger partial charge on any atom is 0.310 e. The first-order chi connectivity index (χ1) is 9.20. The highest BCUT2D eigenvalue weighted by Crippen LogP contribution is 2.14. The normalized spacial score (nSPS) is 11.1. The van der Waals surface area contributed by atoms with E-state index in [0.29, 0.717) is 29.9 Å². The average molecular weight is 279 g/mol. The fourth-order valence-electron chi connectivity index (χ4n) is 1.47. The summed E-state index contributed by atoms with van der Waals surface area (Å²) in [5.74, 6) is 0.436. The van der Waals surface area contributed by atoms with Crippen LogP contribution in [0.5, 0.6) is 0 Å². The van der Waals surface area contributed by atoms with E-state index in [-0.39, 0.29) is 14.6 Å². The van der Waals surface area contributed by atoms with Gasteiger partial charge in [-0.2, -0.15) is 5.10 Å². The molecule has 0 bridgehead atoms. The summed E-state index contributed by atoms with van der Waals surface area (Å²) in [7, 11) is 1.99. The van der Waals surface area contributed by atoms with Gasteiger partial charge in [0.05, 0.1) is 12.8 Å². The minimum Gasteiger partial charge on any atom is -0.466 e. The molecule has 0 saturated carbocycles. The van der Waals surface area contributed by atoms with Crippen molar-refractivity contribution in [1.29, 1.82) is 0 Å². The molecule has 0 fully saturated rings. The van der Waals surface area contributed by atoms with Crippen LogP contribution >= 0.6 is 8.58 Å². The Balaban J connectivity index is 2.07. The maximum absolute atomic E-state index is 11.3. The van der Waals surface area contributed by atoms with E-state index in [0.717, 1.165) is 0 Å². The monoisotopic (exact) mass is 279 g/mol. The Morgan fingerprint density at radius 1 is 1.53 bits per heavy atom. The number of hydrogen-bond donors (Lipinski definition) is 0. The molecule has 2 aromatic rings. The number of hydrogen-bond acceptors (Lipinski definition) is 6. The Hall–Kier alpha value is -1.88. The van der Waals surface area contributed by atoms with Crippen LogP contribution in [0.4, 0.5) is 0 Å². The number of nitrogens with zero attached hydrogens (tertiary/aromatic N) is 5. The summed E-state index contributed by atoms with van der Waals surface area (Å²) < 4.78 is 6.52. The molecular weight excluding hydrogens is 265 g/mol. The first-order valence-electron chi connectivity index (χ1n) is 5.77. The number of rotatable bonds is 5. The molecular formula is C11H14N5O2P. The minimum absolute atomic E-state index is 0.196. The smallest absolute Gasteiger partial charge is 0.310 e. The van der Waals surface area contributed by atoms with Crippen LogP contribution in [0.25, 0.3) is 11.5 Å². The number of carbonyl (C=O) groups is 1. The van der Waals surface area contributed by atoms with Crippen LogP contribution in [-0.2, 0) is 16.6 Å². The van der Waals surface area contributed by atoms with E-state index in [9.17, 15) is 4.79 Å². The third kappa shape index (κ3) is 3.54. The van der Waals surface area contributed by atoms with Crippen LogP contribution in [0.2, 0.25) is 0 Å². The van der Waals surface area contributed by atoms with Gasteiger partial charge in [0.25, 0.3) is 0 Å². The molecule has 2 rings (SSSR count). The Labute approximate surface area is 112 Å². The Bertz CT molecular complexity index is 557. The molecule has 0 radical (unpaired) electrons. The van der Waals surface area contributed by atoms with Gasteiger partial charge in [0, 0.05) is 13.2 Å². The average Bonchev–Trinajstić information content (AvgIpc) is 2.79. The summed E-state index contributed by atoms with van der Waals surface area (Å²) in [6.45, 7) is 2.18. The van der Waals surface area contributed by atoms with Crippen molar-refractivity contribution in [3.63, 3.8) is 0 Å². The molecule has 0 saturated heterocycles. The Morgan fingerprint density at radius 3 is 3.05 bits per heavy atom. The van der Waals surface area contributed by atoms with E-state index >= 15 is 0 Å². The fraction of sp³-hybridized carbons (Fsp3) is 0.364. The zero-order valence-electron chi connectivity index (χ0n) is 10.7. The van der Waals surface area contributed by atoms with Gasteiger partial charge in [-0.1, -0.05) is 0 Å². The molecule has 2 heterocycles. The lowest BCUT2D eigenvalue weighted by Crippen LogP contribution is -2.10. The highest BCUT2D eigenvalue weighted by molar-refractivity contribution is 7.47. The molecule has 8 heteroatoms. The predicted octanol–water partition coefficient (Wildman–Crippen LogP) is 0.139. The molecule has 1 unspecified atom stereocenters. The fourth-order valence-corrected chi connectivity index (χ4v) is 2.28. The molecule has 0 N–H and O–H groups in total. The van der Waals surface area contributed by atoms with Crippen molar-refractivity contribution in [2.45, 2.75) is 6.92 Å². The van der Waals surface area contributed by atoms with Crippen molar-refractivity contribution in [3.05, 3.63) is 18.6 Å². The van der Waals surface area contributed by atoms with Gasteiger partial charge in [0.2, 0.25) is 0 Å². The van der Waals surface area contributed by atoms with Crippen LogP contribution in [0.1, 0.15) is 6.92 Å². The van der Waals surface area contributed by atoms with Crippen molar-refractivity contribution in [2.75, 3.05) is 12.8 Å². The second-order valence-electron chi connectivity index (χ2n) is 3.64. The summed E-state index contributed by atoms with van der Waals surface area (Å²) in [6.07, 6.45) is 3.42. The molecule has 1 atom stereocenters. The van der Waals surface area contributed by atoms with Gasteiger partial charge in [0.15, 0.2) is 11.4 Å². The molecule has 0 spiro atoms. The van der Waals surface area contributed by atoms with Crippen molar-refractivity contribution in [2.24, 2.45) is 7.05 Å². The van der Waals surface area contributed by atoms with Crippen molar-refractivity contribution in [1.82, 2.24) is 24.7 Å². The van der Waals surface area contributed by atoms with Crippen LogP contribution in [0.3, 0.4) is 0 Å². The largest absolute Gasteiger partial charge is 0.466 e. The quantitative estimate of drug-likeness (QED) is 0.572. The zero-order valence-corrected chi connectivity index (χ0v) is 11.7. The van der Waals surface area contributed by atoms with Gasteiger partial charge in [-0.15, -0.1) is 0 Å². The lowest BCUT2D eigenvalue weighted by atomic mass is 10.4. The first-order valence-corrected chi connectivity index (χ1v) is 6.98. The summed E-state index contributed by atoms with van der Waals surface area (Å²) in [4.78, 5) is 23.6. The van der Waals surface area contributed by atoms with Crippen molar-refractivity contribution < 1.29 is 9.53 Å². The minimum atomic E-state index is -0.225. The van der Waals surface area contributed by atoms with Gasteiger partial charge in [-0.3, -0.25) is 4.79 Å². The Morgan fingerprint density at radius 2 is 2.37 bits per heavy atom. The molecule has 100 valence electrons. The van der Waals surface area contributed by atoms with E-state index in [1.807, 2.05) is 0 Å². The maximum atomic E-state index is 11.3. The second kappa shape index (κ2) is 6.33. The van der Waals surface area contributed by atoms with Gasteiger partial charge >= 0.3 is 5.97 Å². The van der Waals surface area contributed by atoms with Crippen LogP contribution < -0.4 is 5.57 Å². The first kappa shape index (κ1) is 13.5. The second-order valence-corrected chi connectivity index (χ2v) is 4.79. The topological polar surface area (TPSA) is 82.8 Å². The number of carbonyl (C=O) groups excluding carboxylic acids is 1. The van der Waals surface area contributed by atoms with Gasteiger partial charge in [0.1, 0.15) is 12.0 Å². The lowest BCUT2D eigenvalue weighted by Gasteiger charge is -1.98. The molecule has 0 aliphatic rings. The Kier molecular flexibility index (Phi) is 4.52.